The Hall–Kier alpha value is -5.91. The molecule has 4 aliphatic rings. The van der Waals surface area contributed by atoms with Crippen LogP contribution in [0.2, 0.25) is 5.02 Å². The van der Waals surface area contributed by atoms with Crippen molar-refractivity contribution in [3.63, 3.8) is 0 Å². The van der Waals surface area contributed by atoms with Gasteiger partial charge < -0.3 is 24.2 Å². The van der Waals surface area contributed by atoms with Gasteiger partial charge in [-0.15, -0.1) is 0 Å². The van der Waals surface area contributed by atoms with Crippen LogP contribution < -0.4 is 30.3 Å². The van der Waals surface area contributed by atoms with Crippen molar-refractivity contribution in [3.05, 3.63) is 105 Å². The van der Waals surface area contributed by atoms with Crippen LogP contribution in [-0.2, 0) is 28.7 Å². The number of amides is 2. The summed E-state index contributed by atoms with van der Waals surface area (Å²) in [6, 6.07) is 21.3. The van der Waals surface area contributed by atoms with E-state index in [1.165, 1.54) is 45.9 Å². The molecule has 0 saturated carbocycles. The van der Waals surface area contributed by atoms with Crippen LogP contribution in [0.15, 0.2) is 71.7 Å². The largest absolute Gasteiger partial charge is 0.494 e. The normalized spacial score (nSPS) is 19.5. The monoisotopic (exact) mass is 913 g/mol. The summed E-state index contributed by atoms with van der Waals surface area (Å²) in [5.74, 6) is 3.39. The van der Waals surface area contributed by atoms with Crippen molar-refractivity contribution in [2.24, 2.45) is 24.8 Å². The molecular weight excluding hydrogens is 854 g/mol. The van der Waals surface area contributed by atoms with E-state index in [0.29, 0.717) is 35.3 Å². The number of carbonyl (C=O) groups is 2. The number of imidazole rings is 1. The Kier molecular flexibility index (Phi) is 13.1. The van der Waals surface area contributed by atoms with Crippen molar-refractivity contribution in [2.75, 3.05) is 62.7 Å². The maximum Gasteiger partial charge on any atom is 0.329 e. The highest BCUT2D eigenvalue weighted by molar-refractivity contribution is 6.32. The highest BCUT2D eigenvalue weighted by Crippen LogP contribution is 2.39. The number of halogens is 1. The Bertz CT molecular complexity index is 2680. The summed E-state index contributed by atoms with van der Waals surface area (Å²) >= 11 is 6.48. The first-order valence-corrected chi connectivity index (χ1v) is 23.9. The number of ether oxygens (including phenoxy) is 2. The smallest absolute Gasteiger partial charge is 0.329 e. The van der Waals surface area contributed by atoms with E-state index in [-0.39, 0.29) is 18.0 Å². The summed E-state index contributed by atoms with van der Waals surface area (Å²) in [6.07, 6.45) is 9.53. The van der Waals surface area contributed by atoms with Gasteiger partial charge in [-0.2, -0.15) is 5.26 Å². The molecule has 9 rings (SSSR count). The molecule has 4 saturated heterocycles. The summed E-state index contributed by atoms with van der Waals surface area (Å²) < 4.78 is 14.7. The quantitative estimate of drug-likeness (QED) is 0.125. The number of piperidine rings is 4. The number of carbonyl (C=O) groups excluding carboxylic acids is 2. The summed E-state index contributed by atoms with van der Waals surface area (Å²) in [7, 11) is 3.27. The summed E-state index contributed by atoms with van der Waals surface area (Å²) in [5, 5.41) is 12.5. The van der Waals surface area contributed by atoms with Gasteiger partial charge in [-0.25, -0.2) is 14.8 Å². The molecule has 2 amide bonds. The number of hydrogen-bond donors (Lipinski definition) is 1. The first-order valence-electron chi connectivity index (χ1n) is 23.5. The van der Waals surface area contributed by atoms with Crippen LogP contribution in [0.3, 0.4) is 0 Å². The molecule has 1 N–H and O–H groups in total. The fourth-order valence-electron chi connectivity index (χ4n) is 10.8. The number of nitrogens with zero attached hydrogens (tertiary/aromatic N) is 8. The lowest BCUT2D eigenvalue weighted by atomic mass is 9.77. The molecule has 0 unspecified atom stereocenters. The van der Waals surface area contributed by atoms with Crippen molar-refractivity contribution in [1.29, 1.82) is 5.26 Å². The van der Waals surface area contributed by atoms with E-state index >= 15 is 0 Å². The van der Waals surface area contributed by atoms with Crippen LogP contribution in [-0.4, -0.2) is 88.7 Å². The second-order valence-corrected chi connectivity index (χ2v) is 19.6. The fraction of sp³-hybridized carbons (Fsp3) is 0.490. The van der Waals surface area contributed by atoms with Crippen molar-refractivity contribution >= 4 is 46.1 Å². The number of benzene rings is 3. The predicted octanol–water partition coefficient (Wildman–Crippen LogP) is 7.39. The number of nitrogens with one attached hydrogen (secondary N) is 1. The molecule has 4 aliphatic heterocycles. The Labute approximate surface area is 391 Å². The Morgan fingerprint density at radius 2 is 1.53 bits per heavy atom. The zero-order valence-electron chi connectivity index (χ0n) is 38.5. The highest BCUT2D eigenvalue weighted by atomic mass is 35.5. The van der Waals surface area contributed by atoms with Gasteiger partial charge in [0, 0.05) is 63.5 Å². The molecule has 0 spiro atoms. The molecule has 3 aromatic carbocycles. The number of aryl methyl sites for hydroxylation is 1. The molecule has 15 heteroatoms. The molecule has 346 valence electrons. The second-order valence-electron chi connectivity index (χ2n) is 19.2. The third kappa shape index (κ3) is 9.25. The van der Waals surface area contributed by atoms with E-state index in [0.717, 1.165) is 103 Å². The molecule has 1 atom stereocenters. The van der Waals surface area contributed by atoms with Crippen molar-refractivity contribution in [3.8, 4) is 17.6 Å². The van der Waals surface area contributed by atoms with E-state index < -0.39 is 17.4 Å². The van der Waals surface area contributed by atoms with Gasteiger partial charge in [0.1, 0.15) is 24.5 Å². The van der Waals surface area contributed by atoms with Crippen molar-refractivity contribution < 1.29 is 19.1 Å². The molecule has 2 aromatic heterocycles. The first-order chi connectivity index (χ1) is 31.9. The lowest BCUT2D eigenvalue weighted by Gasteiger charge is -2.42. The maximum absolute atomic E-state index is 13.3. The predicted molar refractivity (Wildman–Crippen MR) is 255 cm³/mol. The number of nitriles is 1. The van der Waals surface area contributed by atoms with Gasteiger partial charge in [-0.3, -0.25) is 24.0 Å². The lowest BCUT2D eigenvalue weighted by molar-refractivity contribution is -0.135. The topological polar surface area (TPSA) is 151 Å². The van der Waals surface area contributed by atoms with Crippen LogP contribution in [0.4, 0.5) is 11.6 Å². The van der Waals surface area contributed by atoms with Crippen LogP contribution in [0, 0.1) is 29.1 Å². The van der Waals surface area contributed by atoms with Gasteiger partial charge >= 0.3 is 5.69 Å². The van der Waals surface area contributed by atoms with E-state index in [4.69, 9.17) is 26.1 Å². The van der Waals surface area contributed by atoms with Crippen LogP contribution in [0.1, 0.15) is 93.6 Å². The van der Waals surface area contributed by atoms with Crippen LogP contribution >= 0.6 is 11.6 Å². The third-order valence-electron chi connectivity index (χ3n) is 15.0. The van der Waals surface area contributed by atoms with Gasteiger partial charge in [0.2, 0.25) is 17.8 Å². The molecule has 4 fully saturated rings. The van der Waals surface area contributed by atoms with Crippen LogP contribution in [0.5, 0.6) is 11.5 Å². The minimum absolute atomic E-state index is 0.230. The molecule has 0 aliphatic carbocycles. The third-order valence-corrected chi connectivity index (χ3v) is 15.2. The number of imide groups is 1. The summed E-state index contributed by atoms with van der Waals surface area (Å²) in [4.78, 5) is 54.7. The van der Waals surface area contributed by atoms with Gasteiger partial charge in [0.05, 0.1) is 34.4 Å². The first kappa shape index (κ1) is 45.3. The number of anilines is 2. The number of rotatable bonds is 12. The molecule has 6 heterocycles. The van der Waals surface area contributed by atoms with Gasteiger partial charge in [0.15, 0.2) is 5.75 Å². The Morgan fingerprint density at radius 1 is 0.833 bits per heavy atom. The molecule has 0 radical (unpaired) electrons. The fourth-order valence-corrected chi connectivity index (χ4v) is 11.1. The van der Waals surface area contributed by atoms with E-state index in [2.05, 4.69) is 57.0 Å². The van der Waals surface area contributed by atoms with Crippen LogP contribution in [0.25, 0.3) is 11.0 Å². The zero-order valence-corrected chi connectivity index (χ0v) is 39.2. The molecule has 5 aromatic rings. The zero-order chi connectivity index (χ0) is 46.1. The number of fused-ring (bicyclic) bond motifs is 1. The number of aromatic nitrogens is 4. The molecular formula is C51H60ClN9O5. The molecule has 66 heavy (non-hydrogen) atoms. The summed E-state index contributed by atoms with van der Waals surface area (Å²) in [5.41, 5.74) is 5.25. The Morgan fingerprint density at radius 3 is 2.21 bits per heavy atom. The molecule has 14 nitrogen and oxygen atoms in total. The van der Waals surface area contributed by atoms with E-state index in [1.54, 1.807) is 16.2 Å². The number of likely N-dealkylation sites (tertiary alicyclic amines) is 1. The SMILES string of the molecule is COc1c(Cl)cc(C(C)(C)c2ccc(OCc3ccnc(N4CCC(CN5CCC(C6CCN(c7ccc8c(c7)n(C)c(=O)n8[C@H]7CCC(=O)NC7=O)CC6)CC5)CC4)n3)cc2)cc1C#N. The minimum atomic E-state index is -0.675. The van der Waals surface area contributed by atoms with Crippen molar-refractivity contribution in [2.45, 2.75) is 83.3 Å². The minimum Gasteiger partial charge on any atom is -0.494 e. The maximum atomic E-state index is 13.3. The average molecular weight is 915 g/mol. The Balaban J connectivity index is 0.708. The lowest BCUT2D eigenvalue weighted by Crippen LogP contribution is -2.44. The van der Waals surface area contributed by atoms with E-state index in [1.807, 2.05) is 54.7 Å². The van der Waals surface area contributed by atoms with Gasteiger partial charge in [-0.1, -0.05) is 37.6 Å². The van der Waals surface area contributed by atoms with E-state index in [9.17, 15) is 19.6 Å². The standard InChI is InChI=1S/C51H60ClN9O5/c1-51(2,38-27-36(30-53)47(65-4)42(52)28-38)37-5-8-41(9-6-37)66-32-39-13-20-54-49(55-39)60-23-14-33(15-24-60)31-58-21-16-34(17-22-58)35-18-25-59(26-19-35)40-7-10-43-45(29-40)57(3)50(64)61(43)44-11-12-46(62)56-48(44)63/h5-10,13,20,27-29,33-35,44H,11-12,14-19,21-26,31-32H2,1-4H3,(H,56,62,63)/t44-/m0/s1. The summed E-state index contributed by atoms with van der Waals surface area (Å²) in [6.45, 7) is 12.0. The van der Waals surface area contributed by atoms with Gasteiger partial charge in [-0.05, 0) is 135 Å². The van der Waals surface area contributed by atoms with Crippen molar-refractivity contribution in [1.82, 2.24) is 29.3 Å². The number of methoxy groups -OCH3 is 1. The number of hydrogen-bond acceptors (Lipinski definition) is 11. The average Bonchev–Trinajstić information content (AvgIpc) is 3.58. The second kappa shape index (κ2) is 19.1. The highest BCUT2D eigenvalue weighted by Gasteiger charge is 2.34. The molecule has 0 bridgehead atoms. The van der Waals surface area contributed by atoms with Gasteiger partial charge in [0.25, 0.3) is 0 Å².